The summed E-state index contributed by atoms with van der Waals surface area (Å²) in [6, 6.07) is 2.17. The van der Waals surface area contributed by atoms with E-state index in [1.165, 1.54) is 11.3 Å². The molecule has 1 heterocycles. The Bertz CT molecular complexity index is 770. The smallest absolute Gasteiger partial charge is 0.263 e. The molecule has 0 radical (unpaired) electrons. The maximum Gasteiger partial charge on any atom is 0.263 e. The van der Waals surface area contributed by atoms with Crippen molar-refractivity contribution in [2.75, 3.05) is 4.72 Å². The summed E-state index contributed by atoms with van der Waals surface area (Å²) in [6.07, 6.45) is 0. The molecule has 0 aliphatic heterocycles. The van der Waals surface area contributed by atoms with Crippen LogP contribution in [-0.2, 0) is 16.6 Å². The van der Waals surface area contributed by atoms with E-state index in [1.807, 2.05) is 0 Å². The van der Waals surface area contributed by atoms with Crippen LogP contribution in [0.3, 0.4) is 0 Å². The molecule has 0 amide bonds. The summed E-state index contributed by atoms with van der Waals surface area (Å²) in [4.78, 5) is 0.691. The zero-order valence-corrected chi connectivity index (χ0v) is 14.8. The van der Waals surface area contributed by atoms with Crippen molar-refractivity contribution in [3.05, 3.63) is 43.3 Å². The average molecular weight is 414 g/mol. The van der Waals surface area contributed by atoms with E-state index in [2.05, 4.69) is 20.7 Å². The largest absolute Gasteiger partial charge is 0.326 e. The molecule has 0 saturated heterocycles. The number of aryl methyl sites for hydroxylation is 1. The van der Waals surface area contributed by atoms with E-state index < -0.39 is 15.8 Å². The van der Waals surface area contributed by atoms with Crippen molar-refractivity contribution >= 4 is 54.6 Å². The molecule has 4 nitrogen and oxygen atoms in total. The first-order valence-electron chi connectivity index (χ1n) is 5.70. The van der Waals surface area contributed by atoms with Gasteiger partial charge in [0.1, 0.15) is 10.7 Å². The predicted octanol–water partition coefficient (Wildman–Crippen LogP) is 3.87. The minimum absolute atomic E-state index is 0.0346. The van der Waals surface area contributed by atoms with Gasteiger partial charge in [0.05, 0.1) is 10.7 Å². The molecule has 0 aliphatic rings. The van der Waals surface area contributed by atoms with E-state index in [1.54, 1.807) is 12.3 Å². The van der Waals surface area contributed by atoms with Crippen LogP contribution in [0.1, 0.15) is 10.4 Å². The van der Waals surface area contributed by atoms with Gasteiger partial charge in [-0.15, -0.1) is 11.3 Å². The Hall–Kier alpha value is -0.670. The standard InChI is InChI=1S/C12H11BrClFN2O2S2/c1-6-5-20-10(4-16)12(6)21(18,19)17-11-8(13)2-7(15)3-9(11)14/h2-3,5,17H,4,16H2,1H3. The Morgan fingerprint density at radius 2 is 2.14 bits per heavy atom. The first kappa shape index (κ1) is 16.7. The van der Waals surface area contributed by atoms with Crippen LogP contribution in [0.2, 0.25) is 5.02 Å². The highest BCUT2D eigenvalue weighted by atomic mass is 79.9. The third-order valence-corrected chi connectivity index (χ3v) is 6.44. The zero-order chi connectivity index (χ0) is 15.8. The second kappa shape index (κ2) is 6.21. The molecule has 0 fully saturated rings. The number of hydrogen-bond acceptors (Lipinski definition) is 4. The number of thiophene rings is 1. The monoisotopic (exact) mass is 412 g/mol. The highest BCUT2D eigenvalue weighted by Crippen LogP contribution is 2.35. The molecule has 0 saturated carbocycles. The van der Waals surface area contributed by atoms with E-state index in [0.29, 0.717) is 10.4 Å². The average Bonchev–Trinajstić information content (AvgIpc) is 2.76. The SMILES string of the molecule is Cc1csc(CN)c1S(=O)(=O)Nc1c(Cl)cc(F)cc1Br. The van der Waals surface area contributed by atoms with Gasteiger partial charge < -0.3 is 5.73 Å². The maximum atomic E-state index is 13.2. The predicted molar refractivity (Wildman–Crippen MR) is 86.9 cm³/mol. The first-order chi connectivity index (χ1) is 9.76. The Kier molecular flexibility index (Phi) is 4.94. The molecule has 0 atom stereocenters. The summed E-state index contributed by atoms with van der Waals surface area (Å²) >= 11 is 10.3. The van der Waals surface area contributed by atoms with Crippen LogP contribution in [0.25, 0.3) is 0 Å². The maximum absolute atomic E-state index is 13.2. The molecule has 114 valence electrons. The Morgan fingerprint density at radius 1 is 1.48 bits per heavy atom. The third kappa shape index (κ3) is 3.40. The summed E-state index contributed by atoms with van der Waals surface area (Å²) < 4.78 is 40.8. The highest BCUT2D eigenvalue weighted by molar-refractivity contribution is 9.10. The fourth-order valence-electron chi connectivity index (χ4n) is 1.81. The van der Waals surface area contributed by atoms with Crippen molar-refractivity contribution in [3.63, 3.8) is 0 Å². The van der Waals surface area contributed by atoms with E-state index in [9.17, 15) is 12.8 Å². The van der Waals surface area contributed by atoms with Gasteiger partial charge in [-0.25, -0.2) is 12.8 Å². The molecule has 0 spiro atoms. The lowest BCUT2D eigenvalue weighted by molar-refractivity contribution is 0.599. The van der Waals surface area contributed by atoms with Gasteiger partial charge in [-0.3, -0.25) is 4.72 Å². The van der Waals surface area contributed by atoms with Crippen LogP contribution in [-0.4, -0.2) is 8.42 Å². The lowest BCUT2D eigenvalue weighted by Crippen LogP contribution is -2.16. The third-order valence-electron chi connectivity index (χ3n) is 2.69. The van der Waals surface area contributed by atoms with Crippen molar-refractivity contribution in [2.24, 2.45) is 5.73 Å². The summed E-state index contributed by atoms with van der Waals surface area (Å²) in [6.45, 7) is 1.80. The van der Waals surface area contributed by atoms with Crippen LogP contribution in [0, 0.1) is 12.7 Å². The molecular formula is C12H11BrClFN2O2S2. The molecule has 1 aromatic heterocycles. The van der Waals surface area contributed by atoms with Crippen molar-refractivity contribution in [1.29, 1.82) is 0 Å². The number of rotatable bonds is 4. The van der Waals surface area contributed by atoms with Crippen LogP contribution in [0.4, 0.5) is 10.1 Å². The second-order valence-electron chi connectivity index (χ2n) is 4.23. The summed E-state index contributed by atoms with van der Waals surface area (Å²) in [5.74, 6) is -0.566. The number of nitrogens with two attached hydrogens (primary N) is 1. The Balaban J connectivity index is 2.50. The number of halogens is 3. The molecule has 1 aromatic carbocycles. The highest BCUT2D eigenvalue weighted by Gasteiger charge is 2.24. The number of hydrogen-bond donors (Lipinski definition) is 2. The zero-order valence-electron chi connectivity index (χ0n) is 10.8. The van der Waals surface area contributed by atoms with Gasteiger partial charge in [0.25, 0.3) is 10.0 Å². The molecule has 3 N–H and O–H groups in total. The Labute approximate surface area is 139 Å². The van der Waals surface area contributed by atoms with Crippen molar-refractivity contribution in [1.82, 2.24) is 0 Å². The van der Waals surface area contributed by atoms with Crippen LogP contribution in [0.5, 0.6) is 0 Å². The summed E-state index contributed by atoms with van der Waals surface area (Å²) in [5.41, 5.74) is 6.26. The van der Waals surface area contributed by atoms with E-state index in [0.717, 1.165) is 12.1 Å². The molecule has 0 aliphatic carbocycles. The Morgan fingerprint density at radius 3 is 2.71 bits per heavy atom. The van der Waals surface area contributed by atoms with Gasteiger partial charge in [-0.05, 0) is 45.9 Å². The normalized spacial score (nSPS) is 11.7. The summed E-state index contributed by atoms with van der Waals surface area (Å²) in [5, 5.41) is 1.69. The number of anilines is 1. The van der Waals surface area contributed by atoms with Crippen LogP contribution in [0.15, 0.2) is 26.9 Å². The number of sulfonamides is 1. The number of nitrogens with one attached hydrogen (secondary N) is 1. The van der Waals surface area contributed by atoms with Gasteiger partial charge >= 0.3 is 0 Å². The molecule has 0 unspecified atom stereocenters. The summed E-state index contributed by atoms with van der Waals surface area (Å²) in [7, 11) is -3.86. The van der Waals surface area contributed by atoms with E-state index in [4.69, 9.17) is 17.3 Å². The van der Waals surface area contributed by atoms with Gasteiger partial charge in [-0.2, -0.15) is 0 Å². The van der Waals surface area contributed by atoms with Crippen molar-refractivity contribution < 1.29 is 12.8 Å². The lowest BCUT2D eigenvalue weighted by Gasteiger charge is -2.12. The minimum Gasteiger partial charge on any atom is -0.326 e. The molecular weight excluding hydrogens is 403 g/mol. The fourth-order valence-corrected chi connectivity index (χ4v) is 5.71. The minimum atomic E-state index is -3.86. The van der Waals surface area contributed by atoms with E-state index in [-0.39, 0.29) is 26.6 Å². The quantitative estimate of drug-likeness (QED) is 0.799. The molecule has 0 bridgehead atoms. The van der Waals surface area contributed by atoms with Crippen molar-refractivity contribution in [3.8, 4) is 0 Å². The molecule has 2 rings (SSSR count). The first-order valence-corrected chi connectivity index (χ1v) is 9.24. The second-order valence-corrected chi connectivity index (χ2v) is 8.07. The van der Waals surface area contributed by atoms with Crippen LogP contribution < -0.4 is 10.5 Å². The topological polar surface area (TPSA) is 72.2 Å². The fraction of sp³-hybridized carbons (Fsp3) is 0.167. The lowest BCUT2D eigenvalue weighted by atomic mass is 10.3. The molecule has 21 heavy (non-hydrogen) atoms. The van der Waals surface area contributed by atoms with Crippen molar-refractivity contribution in [2.45, 2.75) is 18.4 Å². The molecule has 2 aromatic rings. The van der Waals surface area contributed by atoms with Gasteiger partial charge in [0.15, 0.2) is 0 Å². The van der Waals surface area contributed by atoms with Crippen LogP contribution >= 0.6 is 38.9 Å². The number of benzene rings is 1. The molecule has 9 heteroatoms. The van der Waals surface area contributed by atoms with E-state index >= 15 is 0 Å². The van der Waals surface area contributed by atoms with Gasteiger partial charge in [0.2, 0.25) is 0 Å². The van der Waals surface area contributed by atoms with Gasteiger partial charge in [-0.1, -0.05) is 11.6 Å². The van der Waals surface area contributed by atoms with Gasteiger partial charge in [0, 0.05) is 15.9 Å².